The van der Waals surface area contributed by atoms with Gasteiger partial charge in [0.2, 0.25) is 6.08 Å². The third-order valence-electron chi connectivity index (χ3n) is 1.69. The van der Waals surface area contributed by atoms with Gasteiger partial charge < -0.3 is 0 Å². The van der Waals surface area contributed by atoms with Crippen molar-refractivity contribution in [3.05, 3.63) is 28.2 Å². The molecule has 0 N–H and O–H groups in total. The van der Waals surface area contributed by atoms with Gasteiger partial charge in [-0.15, -0.1) is 16.8 Å². The number of hydrogen-bond donors (Lipinski definition) is 0. The van der Waals surface area contributed by atoms with E-state index in [2.05, 4.69) is 20.9 Å². The minimum atomic E-state index is -3.51. The lowest BCUT2D eigenvalue weighted by atomic mass is 10.2. The van der Waals surface area contributed by atoms with Crippen LogP contribution < -0.4 is 0 Å². The van der Waals surface area contributed by atoms with Gasteiger partial charge in [-0.05, 0) is 40.4 Å². The van der Waals surface area contributed by atoms with Crippen molar-refractivity contribution >= 4 is 33.8 Å². The molecule has 80 valence electrons. The molecule has 2 nitrogen and oxygen atoms in total. The Kier molecular flexibility index (Phi) is 4.02. The first-order chi connectivity index (χ1) is 7.01. The van der Waals surface area contributed by atoms with E-state index in [9.17, 15) is 13.6 Å². The lowest BCUT2D eigenvalue weighted by Crippen LogP contribution is -2.09. The quantitative estimate of drug-likeness (QED) is 0.369. The van der Waals surface area contributed by atoms with Crippen molar-refractivity contribution in [3.63, 3.8) is 0 Å². The lowest BCUT2D eigenvalue weighted by Gasteiger charge is -2.10. The number of aliphatic imine (C=N–C) groups is 1. The summed E-state index contributed by atoms with van der Waals surface area (Å²) in [5.41, 5.74) is -0.337. The van der Waals surface area contributed by atoms with Gasteiger partial charge in [-0.2, -0.15) is 8.78 Å². The molecule has 0 heterocycles. The van der Waals surface area contributed by atoms with E-state index in [4.69, 9.17) is 0 Å². The molecule has 1 rings (SSSR count). The van der Waals surface area contributed by atoms with Crippen LogP contribution in [0.4, 0.5) is 8.78 Å². The maximum Gasteiger partial charge on any atom is 0.379 e. The first-order valence-corrected chi connectivity index (χ1v) is 5.84. The summed E-state index contributed by atoms with van der Waals surface area (Å²) >= 11 is 4.58. The summed E-state index contributed by atoms with van der Waals surface area (Å²) in [5.74, 6) is 0. The monoisotopic (exact) mass is 293 g/mol. The fourth-order valence-corrected chi connectivity index (χ4v) is 2.30. The summed E-state index contributed by atoms with van der Waals surface area (Å²) in [6, 6.07) is 0.504. The second-order valence-electron chi connectivity index (χ2n) is 2.59. The van der Waals surface area contributed by atoms with Crippen LogP contribution in [-0.4, -0.2) is 12.3 Å². The van der Waals surface area contributed by atoms with Gasteiger partial charge in [-0.25, -0.2) is 4.79 Å². The van der Waals surface area contributed by atoms with Crippen LogP contribution in [0, 0.1) is 0 Å². The van der Waals surface area contributed by atoms with Crippen molar-refractivity contribution in [1.82, 2.24) is 0 Å². The molecular weight excluding hydrogens is 288 g/mol. The van der Waals surface area contributed by atoms with Crippen LogP contribution in [0.5, 0.6) is 0 Å². The molecule has 0 spiro atoms. The number of isocyanates is 1. The summed E-state index contributed by atoms with van der Waals surface area (Å²) in [4.78, 5) is 13.1. The van der Waals surface area contributed by atoms with Gasteiger partial charge in [0.05, 0.1) is 0 Å². The number of alkyl halides is 2. The Labute approximate surface area is 97.9 Å². The predicted octanol–water partition coefficient (Wildman–Crippen LogP) is 3.56. The molecule has 0 bridgehead atoms. The molecule has 0 aliphatic heterocycles. The number of carbonyl (C=O) groups excluding carboxylic acids is 1. The molecule has 1 aromatic carbocycles. The largest absolute Gasteiger partial charge is 0.379 e. The maximum absolute atomic E-state index is 13.1. The minimum absolute atomic E-state index is 0.337. The number of rotatable bonds is 3. The standard InChI is InChI=1S/C9H6BrF2NOS/c1-15-8-3-2-6(4-7(8)10)9(11,12)13-5-14/h2-4H,1H3. The van der Waals surface area contributed by atoms with E-state index >= 15 is 0 Å². The first kappa shape index (κ1) is 12.4. The van der Waals surface area contributed by atoms with Crippen LogP contribution in [-0.2, 0) is 10.8 Å². The van der Waals surface area contributed by atoms with E-state index in [1.807, 2.05) is 6.26 Å². The molecule has 0 aliphatic carbocycles. The number of nitrogens with zero attached hydrogens (tertiary/aromatic N) is 1. The summed E-state index contributed by atoms with van der Waals surface area (Å²) in [7, 11) is 0. The van der Waals surface area contributed by atoms with Crippen molar-refractivity contribution in [2.45, 2.75) is 10.9 Å². The Bertz CT molecular complexity index is 419. The zero-order valence-electron chi connectivity index (χ0n) is 7.63. The van der Waals surface area contributed by atoms with Gasteiger partial charge in [0, 0.05) is 14.9 Å². The topological polar surface area (TPSA) is 29.4 Å². The van der Waals surface area contributed by atoms with Gasteiger partial charge in [0.15, 0.2) is 0 Å². The highest BCUT2D eigenvalue weighted by Crippen LogP contribution is 2.34. The lowest BCUT2D eigenvalue weighted by molar-refractivity contribution is 0.00606. The van der Waals surface area contributed by atoms with Gasteiger partial charge in [0.25, 0.3) is 0 Å². The van der Waals surface area contributed by atoms with Crippen LogP contribution in [0.1, 0.15) is 5.56 Å². The summed E-state index contributed by atoms with van der Waals surface area (Å²) < 4.78 is 26.8. The molecule has 0 radical (unpaired) electrons. The van der Waals surface area contributed by atoms with E-state index in [0.717, 1.165) is 11.0 Å². The van der Waals surface area contributed by atoms with Gasteiger partial charge in [-0.3, -0.25) is 0 Å². The molecule has 0 saturated carbocycles. The number of benzene rings is 1. The highest BCUT2D eigenvalue weighted by molar-refractivity contribution is 9.10. The Morgan fingerprint density at radius 1 is 1.53 bits per heavy atom. The van der Waals surface area contributed by atoms with Crippen LogP contribution in [0.15, 0.2) is 32.6 Å². The second kappa shape index (κ2) is 4.88. The molecule has 0 fully saturated rings. The van der Waals surface area contributed by atoms with E-state index in [0.29, 0.717) is 4.47 Å². The smallest absolute Gasteiger partial charge is 0.211 e. The van der Waals surface area contributed by atoms with Crippen molar-refractivity contribution < 1.29 is 13.6 Å². The Morgan fingerprint density at radius 3 is 2.67 bits per heavy atom. The zero-order chi connectivity index (χ0) is 11.5. The predicted molar refractivity (Wildman–Crippen MR) is 57.9 cm³/mol. The molecule has 6 heteroatoms. The van der Waals surface area contributed by atoms with E-state index in [1.54, 1.807) is 0 Å². The van der Waals surface area contributed by atoms with Gasteiger partial charge >= 0.3 is 6.05 Å². The summed E-state index contributed by atoms with van der Waals surface area (Å²) in [5, 5.41) is 0. The fraction of sp³-hybridized carbons (Fsp3) is 0.222. The summed E-state index contributed by atoms with van der Waals surface area (Å²) in [6.07, 6.45) is 2.69. The number of halogens is 3. The Hall–Kier alpha value is -0.710. The molecule has 1 aromatic rings. The average Bonchev–Trinajstić information content (AvgIpc) is 2.17. The molecule has 0 aromatic heterocycles. The third-order valence-corrected chi connectivity index (χ3v) is 3.40. The first-order valence-electron chi connectivity index (χ1n) is 3.82. The average molecular weight is 294 g/mol. The van der Waals surface area contributed by atoms with Crippen LogP contribution in [0.25, 0.3) is 0 Å². The van der Waals surface area contributed by atoms with E-state index in [1.165, 1.54) is 30.0 Å². The molecule has 0 atom stereocenters. The Morgan fingerprint density at radius 2 is 2.20 bits per heavy atom. The normalized spacial score (nSPS) is 10.9. The van der Waals surface area contributed by atoms with Gasteiger partial charge in [-0.1, -0.05) is 0 Å². The molecule has 15 heavy (non-hydrogen) atoms. The van der Waals surface area contributed by atoms with Crippen LogP contribution >= 0.6 is 27.7 Å². The van der Waals surface area contributed by atoms with Crippen LogP contribution in [0.2, 0.25) is 0 Å². The van der Waals surface area contributed by atoms with Crippen LogP contribution in [0.3, 0.4) is 0 Å². The Balaban J connectivity index is 3.17. The van der Waals surface area contributed by atoms with E-state index < -0.39 is 6.05 Å². The molecular formula is C9H6BrF2NOS. The molecule has 0 amide bonds. The molecule has 0 aliphatic rings. The fourth-order valence-electron chi connectivity index (χ4n) is 0.975. The number of hydrogen-bond acceptors (Lipinski definition) is 3. The SMILES string of the molecule is CSc1ccc(C(F)(F)N=C=O)cc1Br. The molecule has 0 unspecified atom stereocenters. The number of thioether (sulfide) groups is 1. The molecule has 0 saturated heterocycles. The zero-order valence-corrected chi connectivity index (χ0v) is 10.0. The minimum Gasteiger partial charge on any atom is -0.211 e. The van der Waals surface area contributed by atoms with Crippen molar-refractivity contribution in [3.8, 4) is 0 Å². The second-order valence-corrected chi connectivity index (χ2v) is 4.30. The van der Waals surface area contributed by atoms with Gasteiger partial charge in [0.1, 0.15) is 0 Å². The highest BCUT2D eigenvalue weighted by atomic mass is 79.9. The van der Waals surface area contributed by atoms with Crippen molar-refractivity contribution in [2.75, 3.05) is 6.26 Å². The van der Waals surface area contributed by atoms with E-state index in [-0.39, 0.29) is 5.56 Å². The van der Waals surface area contributed by atoms with Crippen molar-refractivity contribution in [2.24, 2.45) is 4.99 Å². The summed E-state index contributed by atoms with van der Waals surface area (Å²) in [6.45, 7) is 0. The highest BCUT2D eigenvalue weighted by Gasteiger charge is 2.31. The third kappa shape index (κ3) is 2.87. The van der Waals surface area contributed by atoms with Crippen molar-refractivity contribution in [1.29, 1.82) is 0 Å². The maximum atomic E-state index is 13.1.